The molecule has 0 heterocycles. The second-order valence-corrected chi connectivity index (χ2v) is 9.63. The summed E-state index contributed by atoms with van der Waals surface area (Å²) in [6.07, 6.45) is 2.04. The van der Waals surface area contributed by atoms with Gasteiger partial charge in [0.25, 0.3) is 5.91 Å². The summed E-state index contributed by atoms with van der Waals surface area (Å²) in [5, 5.41) is 3.57. The summed E-state index contributed by atoms with van der Waals surface area (Å²) in [7, 11) is 0. The number of ether oxygens (including phenoxy) is 1. The van der Waals surface area contributed by atoms with E-state index >= 15 is 0 Å². The number of anilines is 1. The van der Waals surface area contributed by atoms with Crippen LogP contribution < -0.4 is 10.1 Å². The maximum absolute atomic E-state index is 12.9. The largest absolute Gasteiger partial charge is 0.480 e. The zero-order valence-corrected chi connectivity index (χ0v) is 20.2. The van der Waals surface area contributed by atoms with Crippen LogP contribution in [0.4, 0.5) is 5.69 Å². The van der Waals surface area contributed by atoms with Gasteiger partial charge in [-0.05, 0) is 66.0 Å². The monoisotopic (exact) mass is 429 g/mol. The van der Waals surface area contributed by atoms with Crippen molar-refractivity contribution in [3.63, 3.8) is 0 Å². The maximum atomic E-state index is 12.9. The van der Waals surface area contributed by atoms with Crippen molar-refractivity contribution < 1.29 is 9.53 Å². The second kappa shape index (κ2) is 9.87. The van der Waals surface area contributed by atoms with Crippen molar-refractivity contribution in [2.45, 2.75) is 84.7 Å². The molecule has 0 bridgehead atoms. The van der Waals surface area contributed by atoms with Crippen LogP contribution in [0.15, 0.2) is 42.5 Å². The third kappa shape index (κ3) is 5.78. The summed E-state index contributed by atoms with van der Waals surface area (Å²) in [5.74, 6) is 0.633. The van der Waals surface area contributed by atoms with Crippen LogP contribution in [0.5, 0.6) is 5.75 Å². The van der Waals surface area contributed by atoms with E-state index in [2.05, 4.69) is 59.0 Å². The smallest absolute Gasteiger partial charge is 0.265 e. The van der Waals surface area contributed by atoms with Crippen LogP contribution >= 0.6 is 11.6 Å². The van der Waals surface area contributed by atoms with E-state index in [1.165, 1.54) is 5.56 Å². The summed E-state index contributed by atoms with van der Waals surface area (Å²) in [4.78, 5) is 12.9. The Morgan fingerprint density at radius 2 is 1.57 bits per heavy atom. The number of hydrogen-bond acceptors (Lipinski definition) is 2. The molecule has 0 fully saturated rings. The maximum Gasteiger partial charge on any atom is 0.265 e. The highest BCUT2D eigenvalue weighted by molar-refractivity contribution is 6.30. The standard InChI is InChI=1S/C26H36ClNO2/c1-8-22(24(29)28-20-14-12-19(27)13-15-20)30-23-16-11-18(25(4,5)9-2)17-21(23)26(6,7)10-3/h11-17,22H,8-10H2,1-7H3,(H,28,29). The fraction of sp³-hybridized carbons (Fsp3) is 0.500. The van der Waals surface area contributed by atoms with Crippen molar-refractivity contribution in [1.29, 1.82) is 0 Å². The molecule has 0 saturated carbocycles. The molecule has 2 aromatic rings. The Hall–Kier alpha value is -2.00. The molecule has 164 valence electrons. The number of hydrogen-bond donors (Lipinski definition) is 1. The molecular weight excluding hydrogens is 394 g/mol. The van der Waals surface area contributed by atoms with Crippen LogP contribution in [-0.2, 0) is 15.6 Å². The zero-order valence-electron chi connectivity index (χ0n) is 19.4. The number of nitrogens with one attached hydrogen (secondary N) is 1. The van der Waals surface area contributed by atoms with E-state index < -0.39 is 6.10 Å². The van der Waals surface area contributed by atoms with Crippen LogP contribution in [0.3, 0.4) is 0 Å². The van der Waals surface area contributed by atoms with Crippen LogP contribution in [0.25, 0.3) is 0 Å². The summed E-state index contributed by atoms with van der Waals surface area (Å²) in [5.41, 5.74) is 3.20. The lowest BCUT2D eigenvalue weighted by molar-refractivity contribution is -0.122. The van der Waals surface area contributed by atoms with Crippen molar-refractivity contribution >= 4 is 23.2 Å². The Morgan fingerprint density at radius 1 is 0.967 bits per heavy atom. The molecule has 0 aliphatic carbocycles. The number of benzene rings is 2. The van der Waals surface area contributed by atoms with Gasteiger partial charge in [0, 0.05) is 16.3 Å². The minimum Gasteiger partial charge on any atom is -0.480 e. The topological polar surface area (TPSA) is 38.3 Å². The average Bonchev–Trinajstić information content (AvgIpc) is 2.73. The van der Waals surface area contributed by atoms with Crippen molar-refractivity contribution in [3.05, 3.63) is 58.6 Å². The fourth-order valence-corrected chi connectivity index (χ4v) is 3.33. The Labute approximate surface area is 187 Å². The highest BCUT2D eigenvalue weighted by Crippen LogP contribution is 2.39. The predicted octanol–water partition coefficient (Wildman–Crippen LogP) is 7.51. The van der Waals surface area contributed by atoms with E-state index in [0.717, 1.165) is 24.2 Å². The van der Waals surface area contributed by atoms with Gasteiger partial charge in [-0.3, -0.25) is 4.79 Å². The van der Waals surface area contributed by atoms with Gasteiger partial charge >= 0.3 is 0 Å². The Morgan fingerprint density at radius 3 is 2.10 bits per heavy atom. The number of halogens is 1. The molecular formula is C26H36ClNO2. The molecule has 30 heavy (non-hydrogen) atoms. The predicted molar refractivity (Wildman–Crippen MR) is 128 cm³/mol. The molecule has 0 saturated heterocycles. The molecule has 2 rings (SSSR count). The molecule has 1 atom stereocenters. The first-order valence-corrected chi connectivity index (χ1v) is 11.3. The van der Waals surface area contributed by atoms with Gasteiger partial charge in [-0.2, -0.15) is 0 Å². The third-order valence-electron chi connectivity index (χ3n) is 6.30. The second-order valence-electron chi connectivity index (χ2n) is 9.20. The molecule has 2 aromatic carbocycles. The number of rotatable bonds is 9. The molecule has 0 aromatic heterocycles. The number of carbonyl (C=O) groups excluding carboxylic acids is 1. The lowest BCUT2D eigenvalue weighted by Crippen LogP contribution is -2.33. The van der Waals surface area contributed by atoms with Gasteiger partial charge < -0.3 is 10.1 Å². The van der Waals surface area contributed by atoms with Crippen LogP contribution in [0.1, 0.15) is 78.9 Å². The molecule has 4 heteroatoms. The molecule has 3 nitrogen and oxygen atoms in total. The first-order valence-electron chi connectivity index (χ1n) is 10.9. The molecule has 0 spiro atoms. The van der Waals surface area contributed by atoms with E-state index in [1.54, 1.807) is 24.3 Å². The van der Waals surface area contributed by atoms with Gasteiger partial charge in [-0.15, -0.1) is 0 Å². The minimum atomic E-state index is -0.572. The highest BCUT2D eigenvalue weighted by atomic mass is 35.5. The van der Waals surface area contributed by atoms with Crippen LogP contribution in [0, 0.1) is 0 Å². The van der Waals surface area contributed by atoms with E-state index in [1.807, 2.05) is 13.0 Å². The van der Waals surface area contributed by atoms with Gasteiger partial charge in [0.15, 0.2) is 6.10 Å². The lowest BCUT2D eigenvalue weighted by atomic mass is 9.76. The quantitative estimate of drug-likeness (QED) is 0.447. The van der Waals surface area contributed by atoms with Crippen molar-refractivity contribution in [2.24, 2.45) is 0 Å². The third-order valence-corrected chi connectivity index (χ3v) is 6.55. The normalized spacial score (nSPS) is 13.1. The number of carbonyl (C=O) groups is 1. The van der Waals surface area contributed by atoms with Gasteiger partial charge in [0.05, 0.1) is 0 Å². The highest BCUT2D eigenvalue weighted by Gasteiger charge is 2.28. The Balaban J connectivity index is 2.33. The van der Waals surface area contributed by atoms with Gasteiger partial charge in [-0.1, -0.05) is 72.2 Å². The summed E-state index contributed by atoms with van der Waals surface area (Å²) < 4.78 is 6.30. The van der Waals surface area contributed by atoms with Crippen molar-refractivity contribution in [1.82, 2.24) is 0 Å². The zero-order chi connectivity index (χ0) is 22.5. The van der Waals surface area contributed by atoms with Gasteiger partial charge in [0.2, 0.25) is 0 Å². The average molecular weight is 430 g/mol. The van der Waals surface area contributed by atoms with E-state index in [4.69, 9.17) is 16.3 Å². The van der Waals surface area contributed by atoms with E-state index in [0.29, 0.717) is 17.1 Å². The Kier molecular flexibility index (Phi) is 7.99. The minimum absolute atomic E-state index is 0.0554. The first-order chi connectivity index (χ1) is 14.0. The van der Waals surface area contributed by atoms with Crippen molar-refractivity contribution in [3.8, 4) is 5.75 Å². The molecule has 0 aliphatic heterocycles. The molecule has 1 amide bonds. The first kappa shape index (κ1) is 24.3. The lowest BCUT2D eigenvalue weighted by Gasteiger charge is -2.31. The molecule has 0 radical (unpaired) electrons. The van der Waals surface area contributed by atoms with Crippen LogP contribution in [-0.4, -0.2) is 12.0 Å². The summed E-state index contributed by atoms with van der Waals surface area (Å²) in [6, 6.07) is 13.5. The Bertz CT molecular complexity index is 856. The summed E-state index contributed by atoms with van der Waals surface area (Å²) >= 11 is 5.94. The van der Waals surface area contributed by atoms with Crippen molar-refractivity contribution in [2.75, 3.05) is 5.32 Å². The SMILES string of the molecule is CCC(Oc1ccc(C(C)(C)CC)cc1C(C)(C)CC)C(=O)Nc1ccc(Cl)cc1. The van der Waals surface area contributed by atoms with Gasteiger partial charge in [-0.25, -0.2) is 0 Å². The van der Waals surface area contributed by atoms with E-state index in [-0.39, 0.29) is 16.7 Å². The summed E-state index contributed by atoms with van der Waals surface area (Å²) in [6.45, 7) is 15.3. The molecule has 1 unspecified atom stereocenters. The molecule has 0 aliphatic rings. The molecule has 1 N–H and O–H groups in total. The number of amides is 1. The fourth-order valence-electron chi connectivity index (χ4n) is 3.21. The van der Waals surface area contributed by atoms with Gasteiger partial charge in [0.1, 0.15) is 5.75 Å². The van der Waals surface area contributed by atoms with Crippen LogP contribution in [0.2, 0.25) is 5.02 Å². The van der Waals surface area contributed by atoms with E-state index in [9.17, 15) is 4.79 Å².